The summed E-state index contributed by atoms with van der Waals surface area (Å²) in [5.74, 6) is -1.37. The number of aromatic hydroxyl groups is 1. The third kappa shape index (κ3) is 2.95. The molecule has 2 aromatic rings. The van der Waals surface area contributed by atoms with Crippen molar-refractivity contribution in [3.8, 4) is 5.75 Å². The average Bonchev–Trinajstić information content (AvgIpc) is 2.40. The van der Waals surface area contributed by atoms with Gasteiger partial charge < -0.3 is 15.5 Å². The zero-order valence-electron chi connectivity index (χ0n) is 10.8. The second kappa shape index (κ2) is 5.44. The normalized spacial score (nSPS) is 10.1. The molecule has 0 aromatic heterocycles. The number of phenols is 1. The Bertz CT molecular complexity index is 679. The minimum atomic E-state index is -1.01. The van der Waals surface area contributed by atoms with Crippen molar-refractivity contribution in [3.05, 3.63) is 59.2 Å². The number of carboxylic acid groups (broad SMARTS) is 1. The van der Waals surface area contributed by atoms with Crippen LogP contribution in [0, 0.1) is 6.92 Å². The number of aromatic carboxylic acids is 1. The van der Waals surface area contributed by atoms with Crippen LogP contribution in [0.4, 0.5) is 5.69 Å². The van der Waals surface area contributed by atoms with Gasteiger partial charge in [0.1, 0.15) is 5.75 Å². The molecule has 0 fully saturated rings. The minimum absolute atomic E-state index is 0.00981. The van der Waals surface area contributed by atoms with Gasteiger partial charge in [-0.05, 0) is 48.9 Å². The number of benzene rings is 2. The van der Waals surface area contributed by atoms with Gasteiger partial charge in [-0.3, -0.25) is 4.79 Å². The van der Waals surface area contributed by atoms with Gasteiger partial charge in [-0.2, -0.15) is 0 Å². The van der Waals surface area contributed by atoms with E-state index in [1.54, 1.807) is 25.1 Å². The Hall–Kier alpha value is -2.82. The molecule has 1 amide bonds. The Morgan fingerprint density at radius 2 is 1.80 bits per heavy atom. The SMILES string of the molecule is Cc1cc(C(=O)O)ccc1NC(=O)c1cccc(O)c1. The number of anilines is 1. The van der Waals surface area contributed by atoms with Gasteiger partial charge in [-0.15, -0.1) is 0 Å². The molecule has 0 aliphatic heterocycles. The maximum atomic E-state index is 12.0. The van der Waals surface area contributed by atoms with E-state index >= 15 is 0 Å². The number of aryl methyl sites for hydroxylation is 1. The number of hydrogen-bond donors (Lipinski definition) is 3. The van der Waals surface area contributed by atoms with E-state index in [9.17, 15) is 14.7 Å². The van der Waals surface area contributed by atoms with Crippen LogP contribution in [-0.2, 0) is 0 Å². The first kappa shape index (κ1) is 13.6. The molecule has 2 rings (SSSR count). The quantitative estimate of drug-likeness (QED) is 0.801. The molecule has 0 atom stereocenters. The van der Waals surface area contributed by atoms with E-state index in [-0.39, 0.29) is 17.2 Å². The highest BCUT2D eigenvalue weighted by Crippen LogP contribution is 2.18. The van der Waals surface area contributed by atoms with Crippen LogP contribution in [0.1, 0.15) is 26.3 Å². The van der Waals surface area contributed by atoms with Crippen LogP contribution in [-0.4, -0.2) is 22.1 Å². The van der Waals surface area contributed by atoms with E-state index in [0.717, 1.165) is 0 Å². The molecule has 102 valence electrons. The van der Waals surface area contributed by atoms with E-state index in [4.69, 9.17) is 5.11 Å². The van der Waals surface area contributed by atoms with Gasteiger partial charge in [0.25, 0.3) is 5.91 Å². The van der Waals surface area contributed by atoms with Crippen LogP contribution in [0.5, 0.6) is 5.75 Å². The predicted molar refractivity (Wildman–Crippen MR) is 74.2 cm³/mol. The van der Waals surface area contributed by atoms with Crippen molar-refractivity contribution in [2.45, 2.75) is 6.92 Å². The number of hydrogen-bond acceptors (Lipinski definition) is 3. The standard InChI is InChI=1S/C15H13NO4/c1-9-7-11(15(19)20)5-6-13(9)16-14(18)10-3-2-4-12(17)8-10/h2-8,17H,1H3,(H,16,18)(H,19,20). The van der Waals surface area contributed by atoms with Crippen molar-refractivity contribution in [1.29, 1.82) is 0 Å². The van der Waals surface area contributed by atoms with Crippen LogP contribution in [0.3, 0.4) is 0 Å². The molecular weight excluding hydrogens is 258 g/mol. The van der Waals surface area contributed by atoms with Crippen molar-refractivity contribution >= 4 is 17.6 Å². The summed E-state index contributed by atoms with van der Waals surface area (Å²) in [6.07, 6.45) is 0. The van der Waals surface area contributed by atoms with Crippen LogP contribution in [0.15, 0.2) is 42.5 Å². The van der Waals surface area contributed by atoms with Gasteiger partial charge >= 0.3 is 5.97 Å². The lowest BCUT2D eigenvalue weighted by Crippen LogP contribution is -2.13. The summed E-state index contributed by atoms with van der Waals surface area (Å²) in [7, 11) is 0. The average molecular weight is 271 g/mol. The van der Waals surface area contributed by atoms with Crippen LogP contribution >= 0.6 is 0 Å². The van der Waals surface area contributed by atoms with Gasteiger partial charge in [-0.25, -0.2) is 4.79 Å². The summed E-state index contributed by atoms with van der Waals surface area (Å²) < 4.78 is 0. The fourth-order valence-electron chi connectivity index (χ4n) is 1.78. The molecule has 0 unspecified atom stereocenters. The molecule has 2 aromatic carbocycles. The van der Waals surface area contributed by atoms with E-state index in [1.165, 1.54) is 24.3 Å². The van der Waals surface area contributed by atoms with Crippen molar-refractivity contribution in [3.63, 3.8) is 0 Å². The van der Waals surface area contributed by atoms with Gasteiger partial charge in [0.2, 0.25) is 0 Å². The lowest BCUT2D eigenvalue weighted by atomic mass is 10.1. The van der Waals surface area contributed by atoms with Gasteiger partial charge in [0.05, 0.1) is 5.56 Å². The maximum Gasteiger partial charge on any atom is 0.335 e. The van der Waals surface area contributed by atoms with Crippen molar-refractivity contribution in [2.75, 3.05) is 5.32 Å². The zero-order valence-corrected chi connectivity index (χ0v) is 10.8. The van der Waals surface area contributed by atoms with Crippen LogP contribution in [0.2, 0.25) is 0 Å². The van der Waals surface area contributed by atoms with Crippen molar-refractivity contribution in [1.82, 2.24) is 0 Å². The predicted octanol–water partition coefficient (Wildman–Crippen LogP) is 2.65. The van der Waals surface area contributed by atoms with Crippen molar-refractivity contribution in [2.24, 2.45) is 0 Å². The second-order valence-electron chi connectivity index (χ2n) is 4.34. The van der Waals surface area contributed by atoms with Crippen LogP contribution < -0.4 is 5.32 Å². The first-order valence-corrected chi connectivity index (χ1v) is 5.91. The molecule has 0 bridgehead atoms. The van der Waals surface area contributed by atoms with E-state index in [0.29, 0.717) is 16.8 Å². The topological polar surface area (TPSA) is 86.6 Å². The molecule has 0 aliphatic carbocycles. The smallest absolute Gasteiger partial charge is 0.335 e. The maximum absolute atomic E-state index is 12.0. The number of carbonyl (C=O) groups excluding carboxylic acids is 1. The fraction of sp³-hybridized carbons (Fsp3) is 0.0667. The monoisotopic (exact) mass is 271 g/mol. The molecular formula is C15H13NO4. The summed E-state index contributed by atoms with van der Waals surface area (Å²) in [4.78, 5) is 22.8. The van der Waals surface area contributed by atoms with E-state index in [1.807, 2.05) is 0 Å². The number of carbonyl (C=O) groups is 2. The summed E-state index contributed by atoms with van der Waals surface area (Å²) in [6.45, 7) is 1.71. The molecule has 5 nitrogen and oxygen atoms in total. The largest absolute Gasteiger partial charge is 0.508 e. The van der Waals surface area contributed by atoms with E-state index < -0.39 is 5.97 Å². The first-order valence-electron chi connectivity index (χ1n) is 5.91. The van der Waals surface area contributed by atoms with Gasteiger partial charge in [0, 0.05) is 11.3 Å². The van der Waals surface area contributed by atoms with Crippen molar-refractivity contribution < 1.29 is 19.8 Å². The number of carboxylic acids is 1. The summed E-state index contributed by atoms with van der Waals surface area (Å²) in [6, 6.07) is 10.4. The molecule has 0 saturated heterocycles. The number of nitrogens with one attached hydrogen (secondary N) is 1. The van der Waals surface area contributed by atoms with E-state index in [2.05, 4.69) is 5.32 Å². The lowest BCUT2D eigenvalue weighted by molar-refractivity contribution is 0.0696. The Kier molecular flexibility index (Phi) is 3.70. The molecule has 20 heavy (non-hydrogen) atoms. The summed E-state index contributed by atoms with van der Waals surface area (Å²) in [5, 5.41) is 20.9. The highest BCUT2D eigenvalue weighted by molar-refractivity contribution is 6.05. The lowest BCUT2D eigenvalue weighted by Gasteiger charge is -2.09. The third-order valence-electron chi connectivity index (χ3n) is 2.83. The Morgan fingerprint density at radius 1 is 1.05 bits per heavy atom. The Balaban J connectivity index is 2.22. The first-order chi connectivity index (χ1) is 9.47. The van der Waals surface area contributed by atoms with Gasteiger partial charge in [-0.1, -0.05) is 6.07 Å². The second-order valence-corrected chi connectivity index (χ2v) is 4.34. The Morgan fingerprint density at radius 3 is 2.40 bits per heavy atom. The highest BCUT2D eigenvalue weighted by Gasteiger charge is 2.10. The molecule has 3 N–H and O–H groups in total. The molecule has 0 saturated carbocycles. The fourth-order valence-corrected chi connectivity index (χ4v) is 1.78. The summed E-state index contributed by atoms with van der Waals surface area (Å²) in [5.41, 5.74) is 1.67. The number of amides is 1. The molecule has 5 heteroatoms. The van der Waals surface area contributed by atoms with Gasteiger partial charge in [0.15, 0.2) is 0 Å². The molecule has 0 aliphatic rings. The Labute approximate surface area is 115 Å². The molecule has 0 heterocycles. The van der Waals surface area contributed by atoms with Crippen LogP contribution in [0.25, 0.3) is 0 Å². The molecule has 0 radical (unpaired) electrons. The highest BCUT2D eigenvalue weighted by atomic mass is 16.4. The number of rotatable bonds is 3. The number of phenolic OH excluding ortho intramolecular Hbond substituents is 1. The minimum Gasteiger partial charge on any atom is -0.508 e. The molecule has 0 spiro atoms. The third-order valence-corrected chi connectivity index (χ3v) is 2.83. The zero-order chi connectivity index (χ0) is 14.7. The summed E-state index contributed by atoms with van der Waals surface area (Å²) >= 11 is 0.